The van der Waals surface area contributed by atoms with Crippen LogP contribution in [0.5, 0.6) is 5.88 Å². The van der Waals surface area contributed by atoms with E-state index in [1.165, 1.54) is 0 Å². The van der Waals surface area contributed by atoms with Crippen LogP contribution in [0.15, 0.2) is 18.3 Å². The molecular formula is C15H24N4O2. The van der Waals surface area contributed by atoms with Gasteiger partial charge in [0.25, 0.3) is 0 Å². The topological polar surface area (TPSA) is 80.5 Å². The lowest BCUT2D eigenvalue weighted by Gasteiger charge is -2.29. The summed E-state index contributed by atoms with van der Waals surface area (Å²) < 4.78 is 5.59. The van der Waals surface area contributed by atoms with Gasteiger partial charge in [-0.3, -0.25) is 9.69 Å². The number of nitrogens with one attached hydrogen (secondary N) is 1. The average Bonchev–Trinajstić information content (AvgIpc) is 2.43. The minimum atomic E-state index is -0.0490. The number of rotatable bonds is 5. The predicted molar refractivity (Wildman–Crippen MR) is 82.3 cm³/mol. The second kappa shape index (κ2) is 7.38. The Bertz CT molecular complexity index is 470. The van der Waals surface area contributed by atoms with Gasteiger partial charge in [-0.2, -0.15) is 0 Å². The molecule has 0 aliphatic carbocycles. The molecule has 3 N–H and O–H groups in total. The van der Waals surface area contributed by atoms with Gasteiger partial charge >= 0.3 is 0 Å². The number of anilines is 1. The molecule has 1 amide bonds. The third kappa shape index (κ3) is 4.99. The number of ether oxygens (including phenoxy) is 1. The number of carbonyl (C=O) groups excluding carboxylic acids is 1. The maximum atomic E-state index is 12.1. The minimum Gasteiger partial charge on any atom is -0.473 e. The van der Waals surface area contributed by atoms with E-state index in [9.17, 15) is 4.79 Å². The normalized spacial score (nSPS) is 17.0. The van der Waals surface area contributed by atoms with Gasteiger partial charge in [0.1, 0.15) is 5.69 Å². The minimum absolute atomic E-state index is 0.0131. The van der Waals surface area contributed by atoms with Crippen LogP contribution >= 0.6 is 0 Å². The molecule has 1 aromatic rings. The van der Waals surface area contributed by atoms with Crippen molar-refractivity contribution in [1.29, 1.82) is 0 Å². The van der Waals surface area contributed by atoms with Crippen LogP contribution in [0.2, 0.25) is 0 Å². The summed E-state index contributed by atoms with van der Waals surface area (Å²) in [6.45, 7) is 5.98. The van der Waals surface area contributed by atoms with Gasteiger partial charge < -0.3 is 15.8 Å². The Kier molecular flexibility index (Phi) is 5.52. The van der Waals surface area contributed by atoms with Crippen molar-refractivity contribution in [1.82, 2.24) is 9.88 Å². The van der Waals surface area contributed by atoms with Crippen molar-refractivity contribution in [3.05, 3.63) is 18.3 Å². The molecule has 6 heteroatoms. The van der Waals surface area contributed by atoms with Gasteiger partial charge in [-0.15, -0.1) is 0 Å². The summed E-state index contributed by atoms with van der Waals surface area (Å²) in [6.07, 6.45) is 3.56. The molecule has 1 aromatic heterocycles. The van der Waals surface area contributed by atoms with Crippen LogP contribution in [0.4, 0.5) is 5.69 Å². The van der Waals surface area contributed by atoms with E-state index in [0.717, 1.165) is 25.9 Å². The lowest BCUT2D eigenvalue weighted by Crippen LogP contribution is -2.43. The number of carbonyl (C=O) groups is 1. The predicted octanol–water partition coefficient (Wildman–Crippen LogP) is 1.23. The monoisotopic (exact) mass is 292 g/mol. The molecule has 116 valence electrons. The number of hydrogen-bond donors (Lipinski definition) is 2. The van der Waals surface area contributed by atoms with Crippen molar-refractivity contribution < 1.29 is 9.53 Å². The van der Waals surface area contributed by atoms with E-state index in [0.29, 0.717) is 18.1 Å². The highest BCUT2D eigenvalue weighted by Gasteiger charge is 2.19. The highest BCUT2D eigenvalue weighted by molar-refractivity contribution is 5.93. The fourth-order valence-corrected chi connectivity index (χ4v) is 2.31. The zero-order valence-corrected chi connectivity index (χ0v) is 12.7. The Balaban J connectivity index is 1.90. The Hall–Kier alpha value is -1.66. The Morgan fingerprint density at radius 1 is 1.52 bits per heavy atom. The number of piperidine rings is 1. The van der Waals surface area contributed by atoms with Gasteiger partial charge in [0.05, 0.1) is 12.6 Å². The first-order valence-electron chi connectivity index (χ1n) is 7.44. The van der Waals surface area contributed by atoms with Gasteiger partial charge in [0, 0.05) is 25.3 Å². The van der Waals surface area contributed by atoms with Crippen molar-refractivity contribution in [3.8, 4) is 5.88 Å². The van der Waals surface area contributed by atoms with Crippen molar-refractivity contribution >= 4 is 11.6 Å². The lowest BCUT2D eigenvalue weighted by molar-refractivity contribution is -0.117. The molecule has 1 saturated heterocycles. The van der Waals surface area contributed by atoms with Crippen molar-refractivity contribution in [2.24, 2.45) is 5.73 Å². The maximum Gasteiger partial charge on any atom is 0.238 e. The molecule has 21 heavy (non-hydrogen) atoms. The summed E-state index contributed by atoms with van der Waals surface area (Å²) in [7, 11) is 0. The highest BCUT2D eigenvalue weighted by Crippen LogP contribution is 2.21. The SMILES string of the molecule is CC(C)Oc1ncccc1NC(=O)CN1CCC(N)CC1. The molecule has 1 aliphatic heterocycles. The molecule has 0 aromatic carbocycles. The van der Waals surface area contributed by atoms with Gasteiger partial charge in [-0.25, -0.2) is 4.98 Å². The van der Waals surface area contributed by atoms with Crippen LogP contribution in [-0.4, -0.2) is 47.6 Å². The van der Waals surface area contributed by atoms with E-state index in [1.54, 1.807) is 18.3 Å². The first kappa shape index (κ1) is 15.7. The molecule has 0 radical (unpaired) electrons. The molecular weight excluding hydrogens is 268 g/mol. The van der Waals surface area contributed by atoms with Gasteiger partial charge in [0.2, 0.25) is 11.8 Å². The summed E-state index contributed by atoms with van der Waals surface area (Å²) in [4.78, 5) is 18.4. The summed E-state index contributed by atoms with van der Waals surface area (Å²) in [5, 5.41) is 2.88. The molecule has 1 fully saturated rings. The zero-order chi connectivity index (χ0) is 15.2. The number of pyridine rings is 1. The summed E-state index contributed by atoms with van der Waals surface area (Å²) >= 11 is 0. The molecule has 0 spiro atoms. The van der Waals surface area contributed by atoms with Crippen molar-refractivity contribution in [2.75, 3.05) is 25.0 Å². The smallest absolute Gasteiger partial charge is 0.238 e. The Labute approximate surface area is 125 Å². The molecule has 0 bridgehead atoms. The van der Waals surface area contributed by atoms with E-state index in [2.05, 4.69) is 15.2 Å². The van der Waals surface area contributed by atoms with Gasteiger partial charge in [-0.05, 0) is 38.8 Å². The second-order valence-electron chi connectivity index (χ2n) is 5.68. The van der Waals surface area contributed by atoms with Gasteiger partial charge in [0.15, 0.2) is 0 Å². The molecule has 1 aliphatic rings. The largest absolute Gasteiger partial charge is 0.473 e. The Morgan fingerprint density at radius 3 is 2.90 bits per heavy atom. The zero-order valence-electron chi connectivity index (χ0n) is 12.7. The van der Waals surface area contributed by atoms with Crippen molar-refractivity contribution in [3.63, 3.8) is 0 Å². The number of nitrogens with zero attached hydrogens (tertiary/aromatic N) is 2. The molecule has 0 saturated carbocycles. The maximum absolute atomic E-state index is 12.1. The van der Waals surface area contributed by atoms with Crippen LogP contribution in [0.1, 0.15) is 26.7 Å². The first-order valence-corrected chi connectivity index (χ1v) is 7.44. The third-order valence-electron chi connectivity index (χ3n) is 3.39. The van der Waals surface area contributed by atoms with Gasteiger partial charge in [-0.1, -0.05) is 0 Å². The van der Waals surface area contributed by atoms with Crippen LogP contribution in [0, 0.1) is 0 Å². The standard InChI is InChI=1S/C15H24N4O2/c1-11(2)21-15-13(4-3-7-17-15)18-14(20)10-19-8-5-12(16)6-9-19/h3-4,7,11-12H,5-6,8-10,16H2,1-2H3,(H,18,20). The van der Waals surface area contributed by atoms with E-state index in [1.807, 2.05) is 13.8 Å². The van der Waals surface area contributed by atoms with Crippen LogP contribution in [0.3, 0.4) is 0 Å². The van der Waals surface area contributed by atoms with Crippen LogP contribution < -0.4 is 15.8 Å². The van der Waals surface area contributed by atoms with Crippen LogP contribution in [0.25, 0.3) is 0 Å². The second-order valence-corrected chi connectivity index (χ2v) is 5.68. The highest BCUT2D eigenvalue weighted by atomic mass is 16.5. The molecule has 0 unspecified atom stereocenters. The number of amides is 1. The lowest BCUT2D eigenvalue weighted by atomic mass is 10.1. The van der Waals surface area contributed by atoms with E-state index < -0.39 is 0 Å². The summed E-state index contributed by atoms with van der Waals surface area (Å²) in [5.74, 6) is 0.411. The van der Waals surface area contributed by atoms with Crippen LogP contribution in [-0.2, 0) is 4.79 Å². The third-order valence-corrected chi connectivity index (χ3v) is 3.39. The molecule has 2 heterocycles. The Morgan fingerprint density at radius 2 is 2.24 bits per heavy atom. The number of nitrogens with two attached hydrogens (primary N) is 1. The van der Waals surface area contributed by atoms with Crippen molar-refractivity contribution in [2.45, 2.75) is 38.8 Å². The number of likely N-dealkylation sites (tertiary alicyclic amines) is 1. The summed E-state index contributed by atoms with van der Waals surface area (Å²) in [6, 6.07) is 3.85. The van der Waals surface area contributed by atoms with E-state index >= 15 is 0 Å². The van der Waals surface area contributed by atoms with E-state index in [4.69, 9.17) is 10.5 Å². The average molecular weight is 292 g/mol. The summed E-state index contributed by atoms with van der Waals surface area (Å²) in [5.41, 5.74) is 6.48. The number of aromatic nitrogens is 1. The number of hydrogen-bond acceptors (Lipinski definition) is 5. The fourth-order valence-electron chi connectivity index (χ4n) is 2.31. The molecule has 0 atom stereocenters. The molecule has 6 nitrogen and oxygen atoms in total. The first-order chi connectivity index (χ1) is 10.0. The quantitative estimate of drug-likeness (QED) is 0.853. The fraction of sp³-hybridized carbons (Fsp3) is 0.600. The molecule has 2 rings (SSSR count). The van der Waals surface area contributed by atoms with E-state index in [-0.39, 0.29) is 18.1 Å².